The standard InChI is InChI=1S/C8H9N3O2/c1-2-6(3-9)8(12)11-7-4-10-13-5-7/h4-6H,2H2,1H3,(H,11,12). The number of amides is 1. The number of rotatable bonds is 3. The second-order valence-electron chi connectivity index (χ2n) is 2.49. The molecule has 5 heteroatoms. The van der Waals surface area contributed by atoms with E-state index in [-0.39, 0.29) is 5.91 Å². The van der Waals surface area contributed by atoms with Gasteiger partial charge < -0.3 is 9.84 Å². The van der Waals surface area contributed by atoms with E-state index in [9.17, 15) is 4.79 Å². The SMILES string of the molecule is CCC(C#N)C(=O)Nc1cnoc1. The van der Waals surface area contributed by atoms with E-state index in [0.29, 0.717) is 12.1 Å². The van der Waals surface area contributed by atoms with Crippen molar-refractivity contribution in [1.82, 2.24) is 5.16 Å². The van der Waals surface area contributed by atoms with E-state index in [0.717, 1.165) is 0 Å². The number of aromatic nitrogens is 1. The van der Waals surface area contributed by atoms with Crippen molar-refractivity contribution in [2.75, 3.05) is 5.32 Å². The zero-order chi connectivity index (χ0) is 9.68. The summed E-state index contributed by atoms with van der Waals surface area (Å²) in [6.45, 7) is 1.78. The van der Waals surface area contributed by atoms with E-state index in [2.05, 4.69) is 15.0 Å². The Morgan fingerprint density at radius 3 is 3.15 bits per heavy atom. The highest BCUT2D eigenvalue weighted by Gasteiger charge is 2.15. The minimum absolute atomic E-state index is 0.326. The van der Waals surface area contributed by atoms with Gasteiger partial charge in [-0.3, -0.25) is 4.79 Å². The fraction of sp³-hybridized carbons (Fsp3) is 0.375. The number of carbonyl (C=O) groups is 1. The first-order valence-corrected chi connectivity index (χ1v) is 3.87. The van der Waals surface area contributed by atoms with Crippen LogP contribution >= 0.6 is 0 Å². The molecule has 0 bridgehead atoms. The summed E-state index contributed by atoms with van der Waals surface area (Å²) in [6, 6.07) is 1.90. The second-order valence-corrected chi connectivity index (χ2v) is 2.49. The number of nitrogens with zero attached hydrogens (tertiary/aromatic N) is 2. The van der Waals surface area contributed by atoms with Gasteiger partial charge in [0.25, 0.3) is 0 Å². The Bertz CT molecular complexity index is 313. The fourth-order valence-corrected chi connectivity index (χ4v) is 0.831. The molecule has 0 aliphatic heterocycles. The van der Waals surface area contributed by atoms with E-state index < -0.39 is 5.92 Å². The second kappa shape index (κ2) is 4.26. The Morgan fingerprint density at radius 1 is 1.92 bits per heavy atom. The highest BCUT2D eigenvalue weighted by Crippen LogP contribution is 2.08. The van der Waals surface area contributed by atoms with Crippen LogP contribution in [0.2, 0.25) is 0 Å². The van der Waals surface area contributed by atoms with Crippen molar-refractivity contribution in [3.63, 3.8) is 0 Å². The number of nitriles is 1. The monoisotopic (exact) mass is 179 g/mol. The molecule has 1 amide bonds. The van der Waals surface area contributed by atoms with Crippen molar-refractivity contribution in [2.45, 2.75) is 13.3 Å². The van der Waals surface area contributed by atoms with Gasteiger partial charge in [0.05, 0.1) is 12.3 Å². The Labute approximate surface area is 75.3 Å². The summed E-state index contributed by atoms with van der Waals surface area (Å²) < 4.78 is 4.51. The minimum Gasteiger partial charge on any atom is -0.363 e. The molecule has 1 atom stereocenters. The molecule has 0 aliphatic carbocycles. The van der Waals surface area contributed by atoms with Gasteiger partial charge in [-0.1, -0.05) is 12.1 Å². The molecule has 68 valence electrons. The molecule has 1 aromatic heterocycles. The first-order chi connectivity index (χ1) is 6.27. The Balaban J connectivity index is 2.56. The molecule has 1 N–H and O–H groups in total. The highest BCUT2D eigenvalue weighted by atomic mass is 16.5. The van der Waals surface area contributed by atoms with Crippen LogP contribution < -0.4 is 5.32 Å². The largest absolute Gasteiger partial charge is 0.363 e. The minimum atomic E-state index is -0.616. The maximum Gasteiger partial charge on any atom is 0.241 e. The van der Waals surface area contributed by atoms with Crippen LogP contribution in [0.4, 0.5) is 5.69 Å². The first-order valence-electron chi connectivity index (χ1n) is 3.87. The van der Waals surface area contributed by atoms with Gasteiger partial charge in [0.2, 0.25) is 5.91 Å². The molecular weight excluding hydrogens is 170 g/mol. The van der Waals surface area contributed by atoms with Gasteiger partial charge in [-0.25, -0.2) is 0 Å². The lowest BCUT2D eigenvalue weighted by Gasteiger charge is -2.04. The molecule has 0 aromatic carbocycles. The van der Waals surface area contributed by atoms with Crippen molar-refractivity contribution in [1.29, 1.82) is 5.26 Å². The smallest absolute Gasteiger partial charge is 0.241 e. The molecule has 13 heavy (non-hydrogen) atoms. The van der Waals surface area contributed by atoms with Crippen molar-refractivity contribution < 1.29 is 9.32 Å². The average molecular weight is 179 g/mol. The first kappa shape index (κ1) is 9.26. The zero-order valence-corrected chi connectivity index (χ0v) is 7.15. The molecule has 5 nitrogen and oxygen atoms in total. The number of hydrogen-bond donors (Lipinski definition) is 1. The van der Waals surface area contributed by atoms with Crippen LogP contribution in [0.15, 0.2) is 17.0 Å². The summed E-state index contributed by atoms with van der Waals surface area (Å²) in [7, 11) is 0. The van der Waals surface area contributed by atoms with E-state index >= 15 is 0 Å². The topological polar surface area (TPSA) is 78.9 Å². The maximum absolute atomic E-state index is 11.3. The highest BCUT2D eigenvalue weighted by molar-refractivity contribution is 5.93. The fourth-order valence-electron chi connectivity index (χ4n) is 0.831. The Kier molecular flexibility index (Phi) is 3.03. The van der Waals surface area contributed by atoms with Gasteiger partial charge in [-0.05, 0) is 6.42 Å². The van der Waals surface area contributed by atoms with Crippen LogP contribution in [-0.4, -0.2) is 11.1 Å². The quantitative estimate of drug-likeness (QED) is 0.755. The van der Waals surface area contributed by atoms with Crippen molar-refractivity contribution in [2.24, 2.45) is 5.92 Å². The molecule has 1 heterocycles. The molecule has 0 saturated heterocycles. The molecule has 1 rings (SSSR count). The lowest BCUT2D eigenvalue weighted by atomic mass is 10.1. The molecule has 0 aliphatic rings. The maximum atomic E-state index is 11.3. The summed E-state index contributed by atoms with van der Waals surface area (Å²) >= 11 is 0. The van der Waals surface area contributed by atoms with Gasteiger partial charge in [-0.2, -0.15) is 5.26 Å². The molecule has 1 unspecified atom stereocenters. The third-order valence-corrected chi connectivity index (χ3v) is 1.58. The van der Waals surface area contributed by atoms with Crippen LogP contribution in [-0.2, 0) is 4.79 Å². The number of nitrogens with one attached hydrogen (secondary N) is 1. The van der Waals surface area contributed by atoms with Crippen LogP contribution in [0.3, 0.4) is 0 Å². The Hall–Kier alpha value is -1.83. The lowest BCUT2D eigenvalue weighted by molar-refractivity contribution is -0.118. The predicted octanol–water partition coefficient (Wildman–Crippen LogP) is 1.16. The number of anilines is 1. The van der Waals surface area contributed by atoms with Crippen LogP contribution in [0.1, 0.15) is 13.3 Å². The van der Waals surface area contributed by atoms with Gasteiger partial charge in [0, 0.05) is 0 Å². The summed E-state index contributed by atoms with van der Waals surface area (Å²) in [4.78, 5) is 11.3. The van der Waals surface area contributed by atoms with Crippen molar-refractivity contribution in [3.05, 3.63) is 12.5 Å². The van der Waals surface area contributed by atoms with E-state index in [1.807, 2.05) is 6.07 Å². The molecule has 0 fully saturated rings. The van der Waals surface area contributed by atoms with E-state index in [1.54, 1.807) is 6.92 Å². The van der Waals surface area contributed by atoms with Crippen molar-refractivity contribution >= 4 is 11.6 Å². The summed E-state index contributed by atoms with van der Waals surface area (Å²) in [5, 5.41) is 14.5. The van der Waals surface area contributed by atoms with E-state index in [1.165, 1.54) is 12.5 Å². The van der Waals surface area contributed by atoms with Crippen molar-refractivity contribution in [3.8, 4) is 6.07 Å². The van der Waals surface area contributed by atoms with Gasteiger partial charge in [0.1, 0.15) is 17.9 Å². The predicted molar refractivity (Wildman–Crippen MR) is 44.5 cm³/mol. The summed E-state index contributed by atoms with van der Waals surface area (Å²) in [5.74, 6) is -0.942. The average Bonchev–Trinajstić information content (AvgIpc) is 2.59. The third kappa shape index (κ3) is 2.30. The molecule has 1 aromatic rings. The number of hydrogen-bond acceptors (Lipinski definition) is 4. The zero-order valence-electron chi connectivity index (χ0n) is 7.15. The molecule has 0 saturated carbocycles. The van der Waals surface area contributed by atoms with Crippen LogP contribution in [0.5, 0.6) is 0 Å². The van der Waals surface area contributed by atoms with Crippen LogP contribution in [0, 0.1) is 17.2 Å². The Morgan fingerprint density at radius 2 is 2.69 bits per heavy atom. The lowest BCUT2D eigenvalue weighted by Crippen LogP contribution is -2.20. The molecule has 0 radical (unpaired) electrons. The third-order valence-electron chi connectivity index (χ3n) is 1.58. The summed E-state index contributed by atoms with van der Waals surface area (Å²) in [5.41, 5.74) is 0.471. The van der Waals surface area contributed by atoms with Gasteiger partial charge in [0.15, 0.2) is 0 Å². The van der Waals surface area contributed by atoms with Gasteiger partial charge >= 0.3 is 0 Å². The van der Waals surface area contributed by atoms with Gasteiger partial charge in [-0.15, -0.1) is 0 Å². The summed E-state index contributed by atoms with van der Waals surface area (Å²) in [6.07, 6.45) is 3.18. The van der Waals surface area contributed by atoms with Crippen LogP contribution in [0.25, 0.3) is 0 Å². The normalized spacial score (nSPS) is 11.7. The molecular formula is C8H9N3O2. The number of carbonyl (C=O) groups excluding carboxylic acids is 1. The van der Waals surface area contributed by atoms with E-state index in [4.69, 9.17) is 5.26 Å². The molecule has 0 spiro atoms.